The Morgan fingerprint density at radius 3 is 2.54 bits per heavy atom. The summed E-state index contributed by atoms with van der Waals surface area (Å²) in [4.78, 5) is 12.3. The number of hydrogen-bond donors (Lipinski definition) is 1. The molecule has 0 saturated carbocycles. The van der Waals surface area contributed by atoms with Crippen LogP contribution in [0, 0.1) is 31.1 Å². The van der Waals surface area contributed by atoms with Crippen molar-refractivity contribution < 1.29 is 4.79 Å². The molecule has 0 atom stereocenters. The number of aromatic nitrogens is 2. The second-order valence-electron chi connectivity index (χ2n) is 6.48. The molecule has 1 aromatic carbocycles. The molecular formula is C19H24N4O. The van der Waals surface area contributed by atoms with Gasteiger partial charge >= 0.3 is 0 Å². The third kappa shape index (κ3) is 4.45. The van der Waals surface area contributed by atoms with Gasteiger partial charge in [-0.15, -0.1) is 0 Å². The molecule has 24 heavy (non-hydrogen) atoms. The van der Waals surface area contributed by atoms with Crippen LogP contribution in [0.4, 0.5) is 5.69 Å². The lowest BCUT2D eigenvalue weighted by atomic mass is 10.1. The molecule has 2 aromatic rings. The maximum atomic E-state index is 12.3. The van der Waals surface area contributed by atoms with E-state index in [2.05, 4.69) is 30.3 Å². The number of benzene rings is 1. The van der Waals surface area contributed by atoms with E-state index in [1.54, 1.807) is 0 Å². The molecule has 0 radical (unpaired) electrons. The minimum Gasteiger partial charge on any atom is -0.326 e. The van der Waals surface area contributed by atoms with Crippen LogP contribution in [0.5, 0.6) is 0 Å². The Morgan fingerprint density at radius 2 is 1.96 bits per heavy atom. The van der Waals surface area contributed by atoms with Gasteiger partial charge in [0, 0.05) is 23.5 Å². The van der Waals surface area contributed by atoms with Crippen LogP contribution in [0.2, 0.25) is 0 Å². The van der Waals surface area contributed by atoms with Crippen molar-refractivity contribution in [1.29, 1.82) is 5.26 Å². The van der Waals surface area contributed by atoms with Crippen LogP contribution in [-0.2, 0) is 24.2 Å². The summed E-state index contributed by atoms with van der Waals surface area (Å²) in [5, 5.41) is 16.1. The van der Waals surface area contributed by atoms with Crippen molar-refractivity contribution in [2.24, 2.45) is 5.92 Å². The number of anilines is 1. The van der Waals surface area contributed by atoms with Crippen LogP contribution < -0.4 is 5.32 Å². The number of amides is 1. The Bertz CT molecular complexity index is 751. The molecule has 0 saturated heterocycles. The lowest BCUT2D eigenvalue weighted by molar-refractivity contribution is -0.115. The summed E-state index contributed by atoms with van der Waals surface area (Å²) in [5.41, 5.74) is 4.64. The molecule has 0 unspecified atom stereocenters. The highest BCUT2D eigenvalue weighted by molar-refractivity contribution is 5.92. The van der Waals surface area contributed by atoms with Crippen molar-refractivity contribution in [3.05, 3.63) is 46.8 Å². The van der Waals surface area contributed by atoms with Gasteiger partial charge in [0.1, 0.15) is 0 Å². The fourth-order valence-electron chi connectivity index (χ4n) is 2.68. The maximum absolute atomic E-state index is 12.3. The molecule has 0 aliphatic carbocycles. The van der Waals surface area contributed by atoms with Gasteiger partial charge < -0.3 is 5.32 Å². The summed E-state index contributed by atoms with van der Waals surface area (Å²) in [6, 6.07) is 9.47. The predicted molar refractivity (Wildman–Crippen MR) is 94.6 cm³/mol. The Kier molecular flexibility index (Phi) is 5.75. The van der Waals surface area contributed by atoms with Crippen molar-refractivity contribution in [3.8, 4) is 6.07 Å². The predicted octanol–water partition coefficient (Wildman–Crippen LogP) is 3.40. The van der Waals surface area contributed by atoms with Gasteiger partial charge in [-0.05, 0) is 37.5 Å². The fraction of sp³-hybridized carbons (Fsp3) is 0.421. The first kappa shape index (κ1) is 17.7. The summed E-state index contributed by atoms with van der Waals surface area (Å²) in [7, 11) is 0. The van der Waals surface area contributed by atoms with E-state index in [-0.39, 0.29) is 5.91 Å². The van der Waals surface area contributed by atoms with E-state index < -0.39 is 0 Å². The summed E-state index contributed by atoms with van der Waals surface area (Å²) in [6.07, 6.45) is 0.692. The van der Waals surface area contributed by atoms with E-state index in [0.717, 1.165) is 34.7 Å². The van der Waals surface area contributed by atoms with Crippen molar-refractivity contribution >= 4 is 11.6 Å². The van der Waals surface area contributed by atoms with Crippen LogP contribution in [0.1, 0.15) is 36.4 Å². The lowest BCUT2D eigenvalue weighted by Crippen LogP contribution is -2.15. The molecule has 0 bridgehead atoms. The quantitative estimate of drug-likeness (QED) is 0.885. The average Bonchev–Trinajstić information content (AvgIpc) is 2.76. The largest absolute Gasteiger partial charge is 0.326 e. The number of aryl methyl sites for hydroxylation is 1. The number of carbonyl (C=O) groups excluding carboxylic acids is 1. The second kappa shape index (κ2) is 7.78. The molecule has 2 rings (SSSR count). The zero-order valence-corrected chi connectivity index (χ0v) is 14.8. The van der Waals surface area contributed by atoms with Crippen LogP contribution in [0.3, 0.4) is 0 Å². The minimum atomic E-state index is -0.0571. The van der Waals surface area contributed by atoms with Crippen molar-refractivity contribution in [1.82, 2.24) is 9.78 Å². The minimum absolute atomic E-state index is 0.0571. The summed E-state index contributed by atoms with van der Waals surface area (Å²) in [6.45, 7) is 9.12. The molecule has 1 N–H and O–H groups in total. The van der Waals surface area contributed by atoms with Crippen molar-refractivity contribution in [3.63, 3.8) is 0 Å². The van der Waals surface area contributed by atoms with Crippen LogP contribution in [-0.4, -0.2) is 15.7 Å². The highest BCUT2D eigenvalue weighted by Gasteiger charge is 2.15. The zero-order chi connectivity index (χ0) is 17.7. The van der Waals surface area contributed by atoms with Gasteiger partial charge in [-0.2, -0.15) is 10.4 Å². The molecule has 126 valence electrons. The normalized spacial score (nSPS) is 10.7. The molecule has 1 amide bonds. The van der Waals surface area contributed by atoms with Gasteiger partial charge in [-0.1, -0.05) is 26.0 Å². The smallest absolute Gasteiger partial charge is 0.228 e. The number of hydrogen-bond acceptors (Lipinski definition) is 3. The molecule has 1 aromatic heterocycles. The van der Waals surface area contributed by atoms with E-state index in [1.165, 1.54) is 0 Å². The molecule has 0 aliphatic rings. The maximum Gasteiger partial charge on any atom is 0.228 e. The zero-order valence-electron chi connectivity index (χ0n) is 14.8. The number of rotatable bonds is 6. The highest BCUT2D eigenvalue weighted by atomic mass is 16.1. The molecule has 0 spiro atoms. The van der Waals surface area contributed by atoms with Crippen LogP contribution >= 0.6 is 0 Å². The van der Waals surface area contributed by atoms with E-state index in [1.807, 2.05) is 42.8 Å². The van der Waals surface area contributed by atoms with E-state index >= 15 is 0 Å². The summed E-state index contributed by atoms with van der Waals surface area (Å²) >= 11 is 0. The third-order valence-corrected chi connectivity index (χ3v) is 3.93. The Morgan fingerprint density at radius 1 is 1.29 bits per heavy atom. The monoisotopic (exact) mass is 324 g/mol. The molecule has 0 fully saturated rings. The lowest BCUT2D eigenvalue weighted by Gasteiger charge is -2.08. The Hall–Kier alpha value is -2.61. The number of nitriles is 1. The second-order valence-corrected chi connectivity index (χ2v) is 6.48. The molecular weight excluding hydrogens is 300 g/mol. The highest BCUT2D eigenvalue weighted by Crippen LogP contribution is 2.17. The molecule has 0 aliphatic heterocycles. The molecule has 5 nitrogen and oxygen atoms in total. The van der Waals surface area contributed by atoms with E-state index in [0.29, 0.717) is 18.8 Å². The SMILES string of the molecule is Cc1nn(CC(C)C)c(C)c1CC(=O)Nc1ccc(CC#N)cc1. The number of nitrogens with one attached hydrogen (secondary N) is 1. The first-order valence-corrected chi connectivity index (χ1v) is 8.19. The average molecular weight is 324 g/mol. The van der Waals surface area contributed by atoms with E-state index in [4.69, 9.17) is 5.26 Å². The summed E-state index contributed by atoms with van der Waals surface area (Å²) < 4.78 is 1.99. The van der Waals surface area contributed by atoms with Crippen molar-refractivity contribution in [2.45, 2.75) is 47.1 Å². The van der Waals surface area contributed by atoms with Crippen LogP contribution in [0.25, 0.3) is 0 Å². The number of carbonyl (C=O) groups is 1. The standard InChI is InChI=1S/C19H24N4O/c1-13(2)12-23-15(4)18(14(3)22-23)11-19(24)21-17-7-5-16(6-8-17)9-10-20/h5-8,13H,9,11-12H2,1-4H3,(H,21,24). The fourth-order valence-corrected chi connectivity index (χ4v) is 2.68. The van der Waals surface area contributed by atoms with Gasteiger partial charge in [-0.3, -0.25) is 9.48 Å². The summed E-state index contributed by atoms with van der Waals surface area (Å²) in [5.74, 6) is 0.454. The topological polar surface area (TPSA) is 70.7 Å². The first-order chi connectivity index (χ1) is 11.4. The van der Waals surface area contributed by atoms with Gasteiger partial charge in [0.15, 0.2) is 0 Å². The van der Waals surface area contributed by atoms with Gasteiger partial charge in [-0.25, -0.2) is 0 Å². The first-order valence-electron chi connectivity index (χ1n) is 8.19. The van der Waals surface area contributed by atoms with Crippen LogP contribution in [0.15, 0.2) is 24.3 Å². The van der Waals surface area contributed by atoms with Crippen molar-refractivity contribution in [2.75, 3.05) is 5.32 Å². The Labute approximate surface area is 143 Å². The molecule has 1 heterocycles. The number of nitrogens with zero attached hydrogens (tertiary/aromatic N) is 3. The third-order valence-electron chi connectivity index (χ3n) is 3.93. The Balaban J connectivity index is 2.04. The van der Waals surface area contributed by atoms with Gasteiger partial charge in [0.2, 0.25) is 5.91 Å². The van der Waals surface area contributed by atoms with Gasteiger partial charge in [0.05, 0.1) is 24.6 Å². The van der Waals surface area contributed by atoms with E-state index in [9.17, 15) is 4.79 Å². The van der Waals surface area contributed by atoms with Gasteiger partial charge in [0.25, 0.3) is 0 Å². The molecule has 5 heteroatoms.